The lowest BCUT2D eigenvalue weighted by Crippen LogP contribution is -2.28. The van der Waals surface area contributed by atoms with Crippen LogP contribution in [0.3, 0.4) is 0 Å². The van der Waals surface area contributed by atoms with Crippen LogP contribution in [0, 0.1) is 5.82 Å². The highest BCUT2D eigenvalue weighted by Crippen LogP contribution is 2.35. The van der Waals surface area contributed by atoms with Gasteiger partial charge in [-0.3, -0.25) is 9.59 Å². The average molecular weight is 471 g/mol. The molecular weight excluding hydrogens is 447 g/mol. The molecule has 2 amide bonds. The summed E-state index contributed by atoms with van der Waals surface area (Å²) < 4.78 is 25.1. The molecule has 1 aromatic heterocycles. The smallest absolute Gasteiger partial charge is 0.257 e. The number of thioether (sulfide) groups is 1. The third-order valence-corrected chi connectivity index (χ3v) is 6.13. The van der Waals surface area contributed by atoms with Crippen LogP contribution in [0.1, 0.15) is 27.2 Å². The zero-order valence-electron chi connectivity index (χ0n) is 18.2. The Hall–Kier alpha value is -3.53. The summed E-state index contributed by atoms with van der Waals surface area (Å²) in [6.07, 6.45) is 0. The summed E-state index contributed by atoms with van der Waals surface area (Å²) >= 11 is 1.70. The highest BCUT2D eigenvalue weighted by molar-refractivity contribution is 7.98. The van der Waals surface area contributed by atoms with Crippen LogP contribution in [0.4, 0.5) is 10.2 Å². The lowest BCUT2D eigenvalue weighted by Gasteiger charge is -2.13. The number of nitrogens with one attached hydrogen (secondary N) is 2. The third kappa shape index (κ3) is 5.28. The molecule has 1 aliphatic rings. The first-order chi connectivity index (χ1) is 16.0. The van der Waals surface area contributed by atoms with Crippen molar-refractivity contribution >= 4 is 29.4 Å². The molecule has 0 atom stereocenters. The summed E-state index contributed by atoms with van der Waals surface area (Å²) in [4.78, 5) is 25.6. The first-order valence-electron chi connectivity index (χ1n) is 10.2. The Kier molecular flexibility index (Phi) is 6.83. The van der Waals surface area contributed by atoms with Crippen molar-refractivity contribution < 1.29 is 23.5 Å². The second-order valence-electron chi connectivity index (χ2n) is 7.38. The monoisotopic (exact) mass is 470 g/mol. The number of rotatable bonds is 8. The Bertz CT molecular complexity index is 1160. The average Bonchev–Trinajstić information content (AvgIpc) is 3.40. The molecular formula is C23H23FN4O4S. The number of fused-ring (bicyclic) bond motifs is 1. The molecule has 0 aliphatic carbocycles. The molecule has 0 fully saturated rings. The van der Waals surface area contributed by atoms with Crippen molar-refractivity contribution in [1.29, 1.82) is 0 Å². The van der Waals surface area contributed by atoms with E-state index in [1.807, 2.05) is 0 Å². The van der Waals surface area contributed by atoms with Gasteiger partial charge in [0.15, 0.2) is 0 Å². The molecule has 0 bridgehead atoms. The second kappa shape index (κ2) is 9.95. The van der Waals surface area contributed by atoms with Gasteiger partial charge >= 0.3 is 0 Å². The van der Waals surface area contributed by atoms with Gasteiger partial charge in [0, 0.05) is 35.2 Å². The van der Waals surface area contributed by atoms with E-state index >= 15 is 0 Å². The van der Waals surface area contributed by atoms with Gasteiger partial charge in [-0.15, -0.1) is 0 Å². The van der Waals surface area contributed by atoms with Gasteiger partial charge in [0.25, 0.3) is 5.91 Å². The molecule has 0 saturated heterocycles. The van der Waals surface area contributed by atoms with E-state index in [0.29, 0.717) is 28.6 Å². The molecule has 0 unspecified atom stereocenters. The van der Waals surface area contributed by atoms with Gasteiger partial charge in [-0.1, -0.05) is 12.1 Å². The maximum atomic E-state index is 13.1. The summed E-state index contributed by atoms with van der Waals surface area (Å²) in [5, 5.41) is 10.2. The van der Waals surface area contributed by atoms with Crippen molar-refractivity contribution in [2.45, 2.75) is 24.6 Å². The van der Waals surface area contributed by atoms with Gasteiger partial charge < -0.3 is 20.1 Å². The summed E-state index contributed by atoms with van der Waals surface area (Å²) in [6.45, 7) is 0.206. The predicted molar refractivity (Wildman–Crippen MR) is 123 cm³/mol. The number of halogens is 1. The van der Waals surface area contributed by atoms with Gasteiger partial charge in [0.2, 0.25) is 5.91 Å². The third-order valence-electron chi connectivity index (χ3n) is 5.16. The van der Waals surface area contributed by atoms with Gasteiger partial charge in [-0.2, -0.15) is 16.9 Å². The summed E-state index contributed by atoms with van der Waals surface area (Å²) in [5.41, 5.74) is 2.91. The summed E-state index contributed by atoms with van der Waals surface area (Å²) in [5.74, 6) is 1.94. The standard InChI is InChI=1S/C23H23FN4O4S/c1-31-17-7-15(8-18(9-17)32-2)23(30)26-22-19-12-33-13-20(19)27-28(22)11-21(29)25-10-14-3-5-16(24)6-4-14/h3-9H,10-13H2,1-2H3,(H,25,29)(H,26,30). The van der Waals surface area contributed by atoms with Crippen LogP contribution in [0.2, 0.25) is 0 Å². The Morgan fingerprint density at radius 1 is 1.09 bits per heavy atom. The van der Waals surface area contributed by atoms with E-state index in [9.17, 15) is 14.0 Å². The van der Waals surface area contributed by atoms with Crippen LogP contribution in [0.5, 0.6) is 11.5 Å². The number of amides is 2. The lowest BCUT2D eigenvalue weighted by atomic mass is 10.2. The number of hydrogen-bond acceptors (Lipinski definition) is 6. The molecule has 2 aromatic carbocycles. The minimum atomic E-state index is -0.361. The molecule has 10 heteroatoms. The zero-order chi connectivity index (χ0) is 23.4. The van der Waals surface area contributed by atoms with Crippen molar-refractivity contribution in [2.75, 3.05) is 19.5 Å². The molecule has 0 spiro atoms. The van der Waals surface area contributed by atoms with E-state index in [2.05, 4.69) is 15.7 Å². The molecule has 2 heterocycles. The second-order valence-corrected chi connectivity index (χ2v) is 8.37. The molecule has 0 saturated carbocycles. The van der Waals surface area contributed by atoms with Gasteiger partial charge in [0.1, 0.15) is 29.7 Å². The Balaban J connectivity index is 1.50. The van der Waals surface area contributed by atoms with E-state index in [0.717, 1.165) is 22.6 Å². The van der Waals surface area contributed by atoms with E-state index in [-0.39, 0.29) is 30.7 Å². The number of benzene rings is 2. The van der Waals surface area contributed by atoms with E-state index in [4.69, 9.17) is 9.47 Å². The van der Waals surface area contributed by atoms with E-state index in [1.165, 1.54) is 31.0 Å². The maximum Gasteiger partial charge on any atom is 0.257 e. The quantitative estimate of drug-likeness (QED) is 0.524. The first-order valence-corrected chi connectivity index (χ1v) is 11.3. The van der Waals surface area contributed by atoms with Crippen molar-refractivity contribution in [1.82, 2.24) is 15.1 Å². The molecule has 1 aliphatic heterocycles. The molecule has 33 heavy (non-hydrogen) atoms. The van der Waals surface area contributed by atoms with Crippen molar-refractivity contribution in [2.24, 2.45) is 0 Å². The van der Waals surface area contributed by atoms with Crippen LogP contribution in [-0.2, 0) is 29.4 Å². The number of nitrogens with zero attached hydrogens (tertiary/aromatic N) is 2. The number of carbonyl (C=O) groups is 2. The van der Waals surface area contributed by atoms with Crippen LogP contribution in [0.25, 0.3) is 0 Å². The van der Waals surface area contributed by atoms with Crippen LogP contribution in [0.15, 0.2) is 42.5 Å². The molecule has 4 rings (SSSR count). The number of hydrogen-bond donors (Lipinski definition) is 2. The van der Waals surface area contributed by atoms with E-state index in [1.54, 1.807) is 42.1 Å². The van der Waals surface area contributed by atoms with E-state index < -0.39 is 0 Å². The first kappa shape index (κ1) is 22.7. The Morgan fingerprint density at radius 3 is 2.45 bits per heavy atom. The van der Waals surface area contributed by atoms with Crippen molar-refractivity contribution in [3.63, 3.8) is 0 Å². The molecule has 172 valence electrons. The molecule has 8 nitrogen and oxygen atoms in total. The minimum Gasteiger partial charge on any atom is -0.497 e. The lowest BCUT2D eigenvalue weighted by molar-refractivity contribution is -0.122. The number of aromatic nitrogens is 2. The highest BCUT2D eigenvalue weighted by Gasteiger charge is 2.25. The van der Waals surface area contributed by atoms with Crippen molar-refractivity contribution in [3.8, 4) is 11.5 Å². The van der Waals surface area contributed by atoms with Crippen molar-refractivity contribution in [3.05, 3.63) is 70.7 Å². The number of carbonyl (C=O) groups excluding carboxylic acids is 2. The molecule has 0 radical (unpaired) electrons. The normalized spacial score (nSPS) is 12.2. The molecule has 3 aromatic rings. The van der Waals surface area contributed by atoms with Crippen LogP contribution < -0.4 is 20.1 Å². The fourth-order valence-corrected chi connectivity index (χ4v) is 4.47. The minimum absolute atomic E-state index is 0.0596. The van der Waals surface area contributed by atoms with Gasteiger partial charge in [0.05, 0.1) is 19.9 Å². The number of methoxy groups -OCH3 is 2. The number of anilines is 1. The summed E-state index contributed by atoms with van der Waals surface area (Å²) in [7, 11) is 3.03. The fraction of sp³-hybridized carbons (Fsp3) is 0.261. The zero-order valence-corrected chi connectivity index (χ0v) is 19.0. The van der Waals surface area contributed by atoms with Gasteiger partial charge in [-0.25, -0.2) is 9.07 Å². The Labute approximate surface area is 194 Å². The van der Waals surface area contributed by atoms with Crippen LogP contribution in [-0.4, -0.2) is 35.8 Å². The van der Waals surface area contributed by atoms with Crippen LogP contribution >= 0.6 is 11.8 Å². The summed E-state index contributed by atoms with van der Waals surface area (Å²) in [6, 6.07) is 10.8. The maximum absolute atomic E-state index is 13.1. The predicted octanol–water partition coefficient (Wildman–Crippen LogP) is 3.35. The SMILES string of the molecule is COc1cc(OC)cc(C(=O)Nc2c3c(nn2CC(=O)NCc2ccc(F)cc2)CSC3)c1. The molecule has 2 N–H and O–H groups in total. The fourth-order valence-electron chi connectivity index (χ4n) is 3.43. The topological polar surface area (TPSA) is 94.5 Å². The number of ether oxygens (including phenoxy) is 2. The van der Waals surface area contributed by atoms with Gasteiger partial charge in [-0.05, 0) is 29.8 Å². The largest absolute Gasteiger partial charge is 0.497 e. The highest BCUT2D eigenvalue weighted by atomic mass is 32.2. The Morgan fingerprint density at radius 2 is 1.79 bits per heavy atom.